The zero-order chi connectivity index (χ0) is 13.3. The van der Waals surface area contributed by atoms with Gasteiger partial charge in [-0.1, -0.05) is 29.5 Å². The van der Waals surface area contributed by atoms with Crippen molar-refractivity contribution < 1.29 is 5.11 Å². The predicted octanol–water partition coefficient (Wildman–Crippen LogP) is 1.62. The number of hydrogen-bond donors (Lipinski definition) is 1. The van der Waals surface area contributed by atoms with Crippen molar-refractivity contribution in [2.45, 2.75) is 31.1 Å². The summed E-state index contributed by atoms with van der Waals surface area (Å²) < 4.78 is 1.72. The molecule has 19 heavy (non-hydrogen) atoms. The van der Waals surface area contributed by atoms with Gasteiger partial charge in [-0.25, -0.2) is 0 Å². The van der Waals surface area contributed by atoms with E-state index in [9.17, 15) is 5.11 Å². The molecule has 1 aromatic carbocycles. The molecule has 0 fully saturated rings. The van der Waals surface area contributed by atoms with Crippen LogP contribution in [0.2, 0.25) is 0 Å². The normalized spacial score (nSPS) is 22.2. The van der Waals surface area contributed by atoms with Gasteiger partial charge in [0.05, 0.1) is 12.3 Å². The molecule has 0 amide bonds. The Balaban J connectivity index is 2.00. The van der Waals surface area contributed by atoms with Crippen LogP contribution < -0.4 is 0 Å². The van der Waals surface area contributed by atoms with Crippen LogP contribution >= 0.6 is 0 Å². The molecule has 0 bridgehead atoms. The molecule has 2 aromatic rings. The van der Waals surface area contributed by atoms with Crippen LogP contribution in [0.1, 0.15) is 29.7 Å². The molecule has 1 aromatic heterocycles. The van der Waals surface area contributed by atoms with Gasteiger partial charge in [0.1, 0.15) is 0 Å². The summed E-state index contributed by atoms with van der Waals surface area (Å²) in [5, 5.41) is 18.2. The van der Waals surface area contributed by atoms with E-state index in [0.717, 1.165) is 31.4 Å². The number of hydrogen-bond acceptors (Lipinski definition) is 3. The molecule has 0 radical (unpaired) electrons. The summed E-state index contributed by atoms with van der Waals surface area (Å²) in [6.07, 6.45) is 5.94. The molecule has 1 unspecified atom stereocenters. The first-order valence-corrected chi connectivity index (χ1v) is 6.78. The average Bonchev–Trinajstić information content (AvgIpc) is 2.84. The molecule has 0 saturated carbocycles. The third-order valence-corrected chi connectivity index (χ3v) is 4.16. The molecule has 1 aliphatic carbocycles. The molecule has 1 aliphatic rings. The fourth-order valence-corrected chi connectivity index (χ4v) is 3.23. The van der Waals surface area contributed by atoms with Crippen LogP contribution in [0.5, 0.6) is 0 Å². The van der Waals surface area contributed by atoms with E-state index in [0.29, 0.717) is 0 Å². The minimum Gasteiger partial charge on any atom is -0.395 e. The lowest BCUT2D eigenvalue weighted by molar-refractivity contribution is 0.172. The van der Waals surface area contributed by atoms with Crippen molar-refractivity contribution in [3.63, 3.8) is 0 Å². The second-order valence-electron chi connectivity index (χ2n) is 5.51. The summed E-state index contributed by atoms with van der Waals surface area (Å²) in [4.78, 5) is 0. The maximum Gasteiger partial charge on any atom is 0.0836 e. The van der Waals surface area contributed by atoms with Crippen molar-refractivity contribution in [2.75, 3.05) is 6.61 Å². The average molecular weight is 257 g/mol. The van der Waals surface area contributed by atoms with Crippen molar-refractivity contribution in [1.29, 1.82) is 0 Å². The van der Waals surface area contributed by atoms with E-state index < -0.39 is 0 Å². The highest BCUT2D eigenvalue weighted by molar-refractivity contribution is 5.38. The number of aryl methyl sites for hydroxylation is 2. The van der Waals surface area contributed by atoms with Gasteiger partial charge in [0.25, 0.3) is 0 Å². The van der Waals surface area contributed by atoms with Crippen molar-refractivity contribution in [1.82, 2.24) is 15.0 Å². The number of rotatable bonds is 3. The van der Waals surface area contributed by atoms with E-state index in [-0.39, 0.29) is 12.0 Å². The fraction of sp³-hybridized carbons (Fsp3) is 0.467. The number of aliphatic hydroxyl groups excluding tert-OH is 1. The molecule has 100 valence electrons. The number of aromatic nitrogens is 3. The lowest BCUT2D eigenvalue weighted by Crippen LogP contribution is -2.37. The van der Waals surface area contributed by atoms with Gasteiger partial charge in [-0.05, 0) is 30.4 Å². The third kappa shape index (κ3) is 2.16. The van der Waals surface area contributed by atoms with Crippen LogP contribution in [0.3, 0.4) is 0 Å². The highest BCUT2D eigenvalue weighted by Crippen LogP contribution is 2.39. The molecule has 0 saturated heterocycles. The Hall–Kier alpha value is -1.68. The van der Waals surface area contributed by atoms with E-state index in [2.05, 4.69) is 34.6 Å². The van der Waals surface area contributed by atoms with Gasteiger partial charge in [-0.3, -0.25) is 4.68 Å². The van der Waals surface area contributed by atoms with Crippen molar-refractivity contribution >= 4 is 0 Å². The van der Waals surface area contributed by atoms with E-state index in [1.54, 1.807) is 4.68 Å². The topological polar surface area (TPSA) is 50.9 Å². The first kappa shape index (κ1) is 12.4. The summed E-state index contributed by atoms with van der Waals surface area (Å²) in [5.74, 6) is 0. The summed E-state index contributed by atoms with van der Waals surface area (Å²) >= 11 is 0. The van der Waals surface area contributed by atoms with Crippen molar-refractivity contribution in [2.24, 2.45) is 7.05 Å². The first-order valence-electron chi connectivity index (χ1n) is 6.78. The summed E-state index contributed by atoms with van der Waals surface area (Å²) in [5.41, 5.74) is 3.42. The first-order chi connectivity index (χ1) is 9.23. The Morgan fingerprint density at radius 2 is 2.21 bits per heavy atom. The second-order valence-corrected chi connectivity index (χ2v) is 5.51. The minimum atomic E-state index is -0.190. The van der Waals surface area contributed by atoms with Crippen LogP contribution in [0.4, 0.5) is 0 Å². The molecule has 3 rings (SSSR count). The summed E-state index contributed by atoms with van der Waals surface area (Å²) in [7, 11) is 1.87. The van der Waals surface area contributed by atoms with Gasteiger partial charge in [0, 0.05) is 25.1 Å². The van der Waals surface area contributed by atoms with E-state index >= 15 is 0 Å². The molecule has 1 heterocycles. The Morgan fingerprint density at radius 3 is 2.95 bits per heavy atom. The van der Waals surface area contributed by atoms with E-state index in [4.69, 9.17) is 0 Å². The molecule has 0 aliphatic heterocycles. The van der Waals surface area contributed by atoms with Gasteiger partial charge < -0.3 is 5.11 Å². The van der Waals surface area contributed by atoms with Crippen LogP contribution in [0, 0.1) is 0 Å². The van der Waals surface area contributed by atoms with Gasteiger partial charge >= 0.3 is 0 Å². The molecule has 4 heteroatoms. The SMILES string of the molecule is Cn1cc(CC2(CO)CCCc3ccccc32)nn1. The molecular weight excluding hydrogens is 238 g/mol. The Kier molecular flexibility index (Phi) is 3.11. The van der Waals surface area contributed by atoms with Crippen LogP contribution in [0.25, 0.3) is 0 Å². The third-order valence-electron chi connectivity index (χ3n) is 4.16. The molecule has 0 spiro atoms. The highest BCUT2D eigenvalue weighted by atomic mass is 16.3. The van der Waals surface area contributed by atoms with E-state index in [1.165, 1.54) is 11.1 Å². The monoisotopic (exact) mass is 257 g/mol. The second kappa shape index (κ2) is 4.78. The molecule has 1 N–H and O–H groups in total. The number of benzene rings is 1. The lowest BCUT2D eigenvalue weighted by Gasteiger charge is -2.37. The van der Waals surface area contributed by atoms with Crippen molar-refractivity contribution in [3.8, 4) is 0 Å². The molecule has 1 atom stereocenters. The maximum atomic E-state index is 10.0. The van der Waals surface area contributed by atoms with Crippen LogP contribution in [-0.2, 0) is 25.3 Å². The standard InChI is InChI=1S/C15H19N3O/c1-18-10-13(16-17-18)9-15(11-19)8-4-6-12-5-2-3-7-14(12)15/h2-3,5,7,10,19H,4,6,8-9,11H2,1H3. The largest absolute Gasteiger partial charge is 0.395 e. The minimum absolute atomic E-state index is 0.167. The van der Waals surface area contributed by atoms with Crippen LogP contribution in [-0.4, -0.2) is 26.7 Å². The molecule has 4 nitrogen and oxygen atoms in total. The summed E-state index contributed by atoms with van der Waals surface area (Å²) in [6.45, 7) is 0.167. The number of aliphatic hydroxyl groups is 1. The Bertz CT molecular complexity index is 578. The van der Waals surface area contributed by atoms with Crippen molar-refractivity contribution in [3.05, 3.63) is 47.3 Å². The van der Waals surface area contributed by atoms with Gasteiger partial charge in [-0.15, -0.1) is 5.10 Å². The number of nitrogens with zero attached hydrogens (tertiary/aromatic N) is 3. The fourth-order valence-electron chi connectivity index (χ4n) is 3.23. The maximum absolute atomic E-state index is 10.0. The Labute approximate surface area is 113 Å². The van der Waals surface area contributed by atoms with Gasteiger partial charge in [0.15, 0.2) is 0 Å². The summed E-state index contributed by atoms with van der Waals surface area (Å²) in [6, 6.07) is 8.47. The predicted molar refractivity (Wildman–Crippen MR) is 72.9 cm³/mol. The zero-order valence-electron chi connectivity index (χ0n) is 11.2. The van der Waals surface area contributed by atoms with Crippen LogP contribution in [0.15, 0.2) is 30.5 Å². The molecular formula is C15H19N3O. The van der Waals surface area contributed by atoms with Gasteiger partial charge in [-0.2, -0.15) is 0 Å². The zero-order valence-corrected chi connectivity index (χ0v) is 11.2. The number of fused-ring (bicyclic) bond motifs is 1. The highest BCUT2D eigenvalue weighted by Gasteiger charge is 2.36. The Morgan fingerprint density at radius 1 is 1.37 bits per heavy atom. The van der Waals surface area contributed by atoms with Gasteiger partial charge in [0.2, 0.25) is 0 Å². The lowest BCUT2D eigenvalue weighted by atomic mass is 9.68. The van der Waals surface area contributed by atoms with E-state index in [1.807, 2.05) is 13.2 Å². The quantitative estimate of drug-likeness (QED) is 0.909. The smallest absolute Gasteiger partial charge is 0.0836 e.